The molecule has 1 aromatic rings. The predicted molar refractivity (Wildman–Crippen MR) is 64.3 cm³/mol. The largest absolute Gasteiger partial charge is 0.493 e. The third kappa shape index (κ3) is 1.21. The standard InChI is InChI=1S/C12H14BrNO2/c13-8-1-2-10-9(5-8)12(14,6-15)11(3-4-11)7-16-10/h1-2,5,15H,3-4,6-7,14H2. The maximum atomic E-state index is 9.67. The van der Waals surface area contributed by atoms with E-state index in [2.05, 4.69) is 15.9 Å². The number of halogens is 1. The molecular formula is C12H14BrNO2. The van der Waals surface area contributed by atoms with E-state index in [4.69, 9.17) is 10.5 Å². The van der Waals surface area contributed by atoms with Gasteiger partial charge in [-0.05, 0) is 31.0 Å². The smallest absolute Gasteiger partial charge is 0.124 e. The van der Waals surface area contributed by atoms with Crippen LogP contribution in [0.15, 0.2) is 22.7 Å². The Labute approximate surface area is 103 Å². The molecule has 0 radical (unpaired) electrons. The average Bonchev–Trinajstić information content (AvgIpc) is 3.06. The van der Waals surface area contributed by atoms with Crippen molar-refractivity contribution in [3.63, 3.8) is 0 Å². The van der Waals surface area contributed by atoms with E-state index in [1.807, 2.05) is 18.2 Å². The van der Waals surface area contributed by atoms with Crippen molar-refractivity contribution in [2.75, 3.05) is 13.2 Å². The second kappa shape index (κ2) is 3.22. The molecule has 1 aliphatic heterocycles. The highest BCUT2D eigenvalue weighted by atomic mass is 79.9. The molecule has 1 atom stereocenters. The Balaban J connectivity index is 2.18. The Hall–Kier alpha value is -0.580. The zero-order valence-corrected chi connectivity index (χ0v) is 10.5. The van der Waals surface area contributed by atoms with Gasteiger partial charge in [0.2, 0.25) is 0 Å². The summed E-state index contributed by atoms with van der Waals surface area (Å²) in [6.07, 6.45) is 2.08. The Bertz CT molecular complexity index is 445. The first-order valence-corrected chi connectivity index (χ1v) is 6.23. The van der Waals surface area contributed by atoms with Crippen LogP contribution in [0.3, 0.4) is 0 Å². The summed E-state index contributed by atoms with van der Waals surface area (Å²) in [5, 5.41) is 9.67. The van der Waals surface area contributed by atoms with Crippen LogP contribution < -0.4 is 10.5 Å². The molecule has 1 heterocycles. The van der Waals surface area contributed by atoms with E-state index in [1.165, 1.54) is 0 Å². The van der Waals surface area contributed by atoms with Crippen LogP contribution >= 0.6 is 15.9 Å². The molecule has 3 N–H and O–H groups in total. The van der Waals surface area contributed by atoms with Crippen LogP contribution in [0.25, 0.3) is 0 Å². The van der Waals surface area contributed by atoms with Crippen LogP contribution in [0, 0.1) is 5.41 Å². The number of fused-ring (bicyclic) bond motifs is 1. The van der Waals surface area contributed by atoms with Gasteiger partial charge in [0.1, 0.15) is 5.75 Å². The van der Waals surface area contributed by atoms with Crippen molar-refractivity contribution in [3.05, 3.63) is 28.2 Å². The van der Waals surface area contributed by atoms with Gasteiger partial charge in [-0.1, -0.05) is 15.9 Å². The van der Waals surface area contributed by atoms with E-state index in [0.717, 1.165) is 28.6 Å². The van der Waals surface area contributed by atoms with Gasteiger partial charge in [0, 0.05) is 15.5 Å². The molecule has 1 aromatic carbocycles. The summed E-state index contributed by atoms with van der Waals surface area (Å²) in [6.45, 7) is 0.596. The summed E-state index contributed by atoms with van der Waals surface area (Å²) in [5.74, 6) is 0.803. The highest BCUT2D eigenvalue weighted by Gasteiger charge is 2.61. The number of rotatable bonds is 1. The summed E-state index contributed by atoms with van der Waals surface area (Å²) in [5.41, 5.74) is 6.66. The highest BCUT2D eigenvalue weighted by molar-refractivity contribution is 9.10. The van der Waals surface area contributed by atoms with Crippen molar-refractivity contribution in [1.82, 2.24) is 0 Å². The first kappa shape index (κ1) is 10.6. The van der Waals surface area contributed by atoms with Gasteiger partial charge in [-0.25, -0.2) is 0 Å². The summed E-state index contributed by atoms with van der Waals surface area (Å²) >= 11 is 3.44. The summed E-state index contributed by atoms with van der Waals surface area (Å²) < 4.78 is 6.71. The SMILES string of the molecule is NC1(CO)c2cc(Br)ccc2OCC12CC2. The van der Waals surface area contributed by atoms with Gasteiger partial charge < -0.3 is 15.6 Å². The molecule has 3 rings (SSSR count). The Kier molecular flexibility index (Phi) is 2.12. The van der Waals surface area contributed by atoms with Gasteiger partial charge in [0.15, 0.2) is 0 Å². The molecular weight excluding hydrogens is 270 g/mol. The van der Waals surface area contributed by atoms with Gasteiger partial charge in [-0.3, -0.25) is 0 Å². The van der Waals surface area contributed by atoms with Crippen LogP contribution in [-0.2, 0) is 5.54 Å². The van der Waals surface area contributed by atoms with Gasteiger partial charge in [-0.15, -0.1) is 0 Å². The lowest BCUT2D eigenvalue weighted by molar-refractivity contribution is 0.0589. The maximum Gasteiger partial charge on any atom is 0.124 e. The normalized spacial score (nSPS) is 29.7. The molecule has 0 saturated heterocycles. The molecule has 3 nitrogen and oxygen atoms in total. The molecule has 1 fully saturated rings. The van der Waals surface area contributed by atoms with Gasteiger partial charge >= 0.3 is 0 Å². The number of hydrogen-bond donors (Lipinski definition) is 2. The quantitative estimate of drug-likeness (QED) is 0.826. The minimum Gasteiger partial charge on any atom is -0.493 e. The first-order valence-electron chi connectivity index (χ1n) is 5.44. The monoisotopic (exact) mass is 283 g/mol. The second-order valence-corrected chi connectivity index (χ2v) is 5.75. The lowest BCUT2D eigenvalue weighted by atomic mass is 9.75. The van der Waals surface area contributed by atoms with Gasteiger partial charge in [0.25, 0.3) is 0 Å². The Morgan fingerprint density at radius 2 is 2.19 bits per heavy atom. The molecule has 86 valence electrons. The summed E-state index contributed by atoms with van der Waals surface area (Å²) in [6, 6.07) is 5.80. The molecule has 16 heavy (non-hydrogen) atoms. The van der Waals surface area contributed by atoms with E-state index in [1.54, 1.807) is 0 Å². The van der Waals surface area contributed by atoms with Crippen molar-refractivity contribution in [2.24, 2.45) is 11.1 Å². The zero-order valence-electron chi connectivity index (χ0n) is 8.87. The molecule has 1 saturated carbocycles. The minimum atomic E-state index is -0.648. The molecule has 4 heteroatoms. The molecule has 0 bridgehead atoms. The van der Waals surface area contributed by atoms with Crippen LogP contribution in [0.1, 0.15) is 18.4 Å². The number of hydrogen-bond acceptors (Lipinski definition) is 3. The predicted octanol–water partition coefficient (Wildman–Crippen LogP) is 1.77. The van der Waals surface area contributed by atoms with Crippen molar-refractivity contribution < 1.29 is 9.84 Å². The average molecular weight is 284 g/mol. The number of benzene rings is 1. The molecule has 1 spiro atoms. The van der Waals surface area contributed by atoms with E-state index < -0.39 is 5.54 Å². The van der Waals surface area contributed by atoms with E-state index in [-0.39, 0.29) is 12.0 Å². The molecule has 1 aliphatic carbocycles. The third-order valence-electron chi connectivity index (χ3n) is 3.98. The van der Waals surface area contributed by atoms with Crippen molar-refractivity contribution in [3.8, 4) is 5.75 Å². The van der Waals surface area contributed by atoms with Crippen LogP contribution in [0.4, 0.5) is 0 Å². The zero-order chi connectivity index (χ0) is 11.4. The van der Waals surface area contributed by atoms with Crippen LogP contribution in [-0.4, -0.2) is 18.3 Å². The van der Waals surface area contributed by atoms with Gasteiger partial charge in [0.05, 0.1) is 18.8 Å². The Morgan fingerprint density at radius 1 is 1.44 bits per heavy atom. The second-order valence-electron chi connectivity index (χ2n) is 4.84. The number of ether oxygens (including phenoxy) is 1. The van der Waals surface area contributed by atoms with Crippen molar-refractivity contribution in [1.29, 1.82) is 0 Å². The molecule has 1 unspecified atom stereocenters. The van der Waals surface area contributed by atoms with Crippen LogP contribution in [0.2, 0.25) is 0 Å². The lowest BCUT2D eigenvalue weighted by Crippen LogP contribution is -2.53. The lowest BCUT2D eigenvalue weighted by Gasteiger charge is -2.42. The molecule has 0 amide bonds. The van der Waals surface area contributed by atoms with Crippen molar-refractivity contribution in [2.45, 2.75) is 18.4 Å². The first-order chi connectivity index (χ1) is 7.61. The van der Waals surface area contributed by atoms with Crippen molar-refractivity contribution >= 4 is 15.9 Å². The fraction of sp³-hybridized carbons (Fsp3) is 0.500. The van der Waals surface area contributed by atoms with E-state index >= 15 is 0 Å². The summed E-state index contributed by atoms with van der Waals surface area (Å²) in [4.78, 5) is 0. The fourth-order valence-corrected chi connectivity index (χ4v) is 2.96. The van der Waals surface area contributed by atoms with E-state index in [9.17, 15) is 5.11 Å². The fourth-order valence-electron chi connectivity index (χ4n) is 2.60. The number of nitrogens with two attached hydrogens (primary N) is 1. The van der Waals surface area contributed by atoms with Crippen LogP contribution in [0.5, 0.6) is 5.75 Å². The van der Waals surface area contributed by atoms with E-state index in [0.29, 0.717) is 6.61 Å². The topological polar surface area (TPSA) is 55.5 Å². The third-order valence-corrected chi connectivity index (χ3v) is 4.47. The molecule has 2 aliphatic rings. The highest BCUT2D eigenvalue weighted by Crippen LogP contribution is 2.60. The minimum absolute atomic E-state index is 0.0280. The molecule has 0 aromatic heterocycles. The summed E-state index contributed by atoms with van der Waals surface area (Å²) in [7, 11) is 0. The number of aliphatic hydroxyl groups is 1. The number of aliphatic hydroxyl groups excluding tert-OH is 1. The maximum absolute atomic E-state index is 9.67. The Morgan fingerprint density at radius 3 is 2.81 bits per heavy atom. The van der Waals surface area contributed by atoms with Gasteiger partial charge in [-0.2, -0.15) is 0 Å².